The van der Waals surface area contributed by atoms with Crippen LogP contribution in [0.1, 0.15) is 32.4 Å². The SMILES string of the molecule is CC(C)Oc1cccc(Nc2cc(=NC3CC3)n3ncc(=Cc4[nH]c(=O)[nH]c4O)c3n2)c1. The lowest BCUT2D eigenvalue weighted by Crippen LogP contribution is -2.19. The Morgan fingerprint density at radius 3 is 2.88 bits per heavy atom. The van der Waals surface area contributed by atoms with Crippen LogP contribution in [0, 0.1) is 0 Å². The second kappa shape index (κ2) is 7.88. The van der Waals surface area contributed by atoms with Crippen LogP contribution in [-0.4, -0.2) is 41.8 Å². The zero-order valence-corrected chi connectivity index (χ0v) is 17.7. The number of hydrogen-bond donors (Lipinski definition) is 4. The Bertz CT molecular complexity index is 1460. The minimum atomic E-state index is -0.492. The fourth-order valence-electron chi connectivity index (χ4n) is 3.33. The lowest BCUT2D eigenvalue weighted by atomic mass is 10.3. The lowest BCUT2D eigenvalue weighted by Gasteiger charge is -2.12. The first kappa shape index (κ1) is 19.9. The predicted molar refractivity (Wildman–Crippen MR) is 119 cm³/mol. The van der Waals surface area contributed by atoms with Gasteiger partial charge in [0.15, 0.2) is 11.1 Å². The lowest BCUT2D eigenvalue weighted by molar-refractivity contribution is 0.242. The summed E-state index contributed by atoms with van der Waals surface area (Å²) in [6.45, 7) is 3.96. The van der Waals surface area contributed by atoms with E-state index >= 15 is 0 Å². The molecule has 0 atom stereocenters. The fraction of sp³-hybridized carbons (Fsp3) is 0.273. The van der Waals surface area contributed by atoms with Crippen LogP contribution in [0.25, 0.3) is 11.7 Å². The van der Waals surface area contributed by atoms with E-state index in [9.17, 15) is 9.90 Å². The molecule has 4 N–H and O–H groups in total. The molecule has 1 fully saturated rings. The monoisotopic (exact) mass is 433 g/mol. The molecule has 0 saturated heterocycles. The van der Waals surface area contributed by atoms with Crippen molar-refractivity contribution in [1.29, 1.82) is 0 Å². The fourth-order valence-corrected chi connectivity index (χ4v) is 3.33. The van der Waals surface area contributed by atoms with Gasteiger partial charge in [-0.1, -0.05) is 6.07 Å². The van der Waals surface area contributed by atoms with Crippen molar-refractivity contribution in [2.24, 2.45) is 4.99 Å². The second-order valence-electron chi connectivity index (χ2n) is 8.00. The van der Waals surface area contributed by atoms with E-state index in [1.807, 2.05) is 44.2 Å². The Labute approximate surface area is 182 Å². The summed E-state index contributed by atoms with van der Waals surface area (Å²) in [6.07, 6.45) is 5.43. The van der Waals surface area contributed by atoms with Crippen LogP contribution >= 0.6 is 0 Å². The van der Waals surface area contributed by atoms with Crippen LogP contribution in [0.2, 0.25) is 0 Å². The molecule has 4 aromatic rings. The summed E-state index contributed by atoms with van der Waals surface area (Å²) in [5.41, 5.74) is 1.82. The highest BCUT2D eigenvalue weighted by Gasteiger charge is 2.20. The van der Waals surface area contributed by atoms with Crippen molar-refractivity contribution >= 4 is 23.2 Å². The molecule has 3 aromatic heterocycles. The molecule has 1 aliphatic carbocycles. The Hall–Kier alpha value is -4.08. The Morgan fingerprint density at radius 2 is 2.16 bits per heavy atom. The van der Waals surface area contributed by atoms with Gasteiger partial charge in [-0.2, -0.15) is 9.61 Å². The number of nitrogens with zero attached hydrogens (tertiary/aromatic N) is 4. The second-order valence-corrected chi connectivity index (χ2v) is 8.00. The van der Waals surface area contributed by atoms with Crippen LogP contribution in [0.3, 0.4) is 0 Å². The molecule has 10 nitrogen and oxygen atoms in total. The van der Waals surface area contributed by atoms with Crippen molar-refractivity contribution in [3.63, 3.8) is 0 Å². The summed E-state index contributed by atoms with van der Waals surface area (Å²) < 4.78 is 7.44. The van der Waals surface area contributed by atoms with Gasteiger partial charge in [-0.25, -0.2) is 9.78 Å². The van der Waals surface area contributed by atoms with E-state index in [-0.39, 0.29) is 23.7 Å². The first-order valence-electron chi connectivity index (χ1n) is 10.4. The van der Waals surface area contributed by atoms with E-state index < -0.39 is 5.69 Å². The minimum Gasteiger partial charge on any atom is -0.493 e. The number of fused-ring (bicyclic) bond motifs is 1. The molecule has 0 radical (unpaired) electrons. The molecule has 1 aromatic carbocycles. The van der Waals surface area contributed by atoms with Gasteiger partial charge in [-0.3, -0.25) is 9.98 Å². The maximum atomic E-state index is 11.5. The molecule has 0 aliphatic heterocycles. The van der Waals surface area contributed by atoms with Gasteiger partial charge in [0.25, 0.3) is 0 Å². The van der Waals surface area contributed by atoms with Gasteiger partial charge in [-0.15, -0.1) is 0 Å². The van der Waals surface area contributed by atoms with E-state index in [0.717, 1.165) is 24.3 Å². The van der Waals surface area contributed by atoms with Crippen LogP contribution < -0.4 is 26.4 Å². The molecule has 1 aliphatic rings. The number of benzene rings is 1. The van der Waals surface area contributed by atoms with Gasteiger partial charge in [0.2, 0.25) is 5.88 Å². The predicted octanol–water partition coefficient (Wildman–Crippen LogP) is 1.59. The van der Waals surface area contributed by atoms with Gasteiger partial charge in [0.1, 0.15) is 17.3 Å². The molecule has 3 heterocycles. The number of hydrogen-bond acceptors (Lipinski definition) is 7. The first-order chi connectivity index (χ1) is 15.4. The number of H-pyrrole nitrogens is 2. The molecule has 0 bridgehead atoms. The summed E-state index contributed by atoms with van der Waals surface area (Å²) in [5, 5.41) is 18.3. The molecule has 32 heavy (non-hydrogen) atoms. The number of aromatic nitrogens is 5. The van der Waals surface area contributed by atoms with E-state index in [4.69, 9.17) is 14.7 Å². The van der Waals surface area contributed by atoms with E-state index in [1.54, 1.807) is 16.8 Å². The minimum absolute atomic E-state index is 0.0739. The number of aromatic amines is 2. The number of rotatable bonds is 6. The van der Waals surface area contributed by atoms with Crippen LogP contribution in [0.5, 0.6) is 11.6 Å². The third-order valence-electron chi connectivity index (χ3n) is 4.86. The average Bonchev–Trinajstić information content (AvgIpc) is 3.36. The average molecular weight is 433 g/mol. The van der Waals surface area contributed by atoms with Gasteiger partial charge in [0, 0.05) is 23.0 Å². The van der Waals surface area contributed by atoms with E-state index in [2.05, 4.69) is 20.4 Å². The molecule has 0 unspecified atom stereocenters. The number of ether oxygens (including phenoxy) is 1. The van der Waals surface area contributed by atoms with E-state index in [0.29, 0.717) is 22.2 Å². The number of imidazole rings is 1. The largest absolute Gasteiger partial charge is 0.493 e. The molecule has 0 spiro atoms. The number of aromatic hydroxyl groups is 1. The molecule has 1 saturated carbocycles. The molecule has 0 amide bonds. The highest BCUT2D eigenvalue weighted by Crippen LogP contribution is 2.23. The van der Waals surface area contributed by atoms with Crippen molar-refractivity contribution in [2.75, 3.05) is 5.32 Å². The van der Waals surface area contributed by atoms with Crippen LogP contribution in [-0.2, 0) is 0 Å². The highest BCUT2D eigenvalue weighted by atomic mass is 16.5. The summed E-state index contributed by atoms with van der Waals surface area (Å²) in [6, 6.07) is 9.81. The maximum absolute atomic E-state index is 11.5. The third kappa shape index (κ3) is 4.20. The normalized spacial score (nSPS) is 15.1. The van der Waals surface area contributed by atoms with E-state index in [1.165, 1.54) is 0 Å². The zero-order valence-electron chi connectivity index (χ0n) is 17.7. The van der Waals surface area contributed by atoms with Crippen molar-refractivity contribution in [3.05, 3.63) is 63.4 Å². The van der Waals surface area contributed by atoms with Gasteiger partial charge in [0.05, 0.1) is 18.3 Å². The van der Waals surface area contributed by atoms with Crippen molar-refractivity contribution < 1.29 is 9.84 Å². The van der Waals surface area contributed by atoms with Crippen molar-refractivity contribution in [2.45, 2.75) is 38.8 Å². The number of nitrogens with one attached hydrogen (secondary N) is 3. The molecule has 164 valence electrons. The Balaban J connectivity index is 1.61. The van der Waals surface area contributed by atoms with Gasteiger partial charge >= 0.3 is 5.69 Å². The highest BCUT2D eigenvalue weighted by molar-refractivity contribution is 5.62. The van der Waals surface area contributed by atoms with Gasteiger partial charge in [-0.05, 0) is 44.9 Å². The van der Waals surface area contributed by atoms with Crippen molar-refractivity contribution in [1.82, 2.24) is 24.6 Å². The quantitative estimate of drug-likeness (QED) is 0.365. The van der Waals surface area contributed by atoms with Crippen LogP contribution in [0.4, 0.5) is 11.5 Å². The summed E-state index contributed by atoms with van der Waals surface area (Å²) in [5.74, 6) is 1.12. The summed E-state index contributed by atoms with van der Waals surface area (Å²) >= 11 is 0. The van der Waals surface area contributed by atoms with Crippen LogP contribution in [0.15, 0.2) is 46.3 Å². The third-order valence-corrected chi connectivity index (χ3v) is 4.86. The number of anilines is 2. The standard InChI is InChI=1S/C22H23N7O3/c1-12(2)32-16-5-3-4-15(9-16)24-18-10-19(25-14-6-7-14)29-20(27-18)13(11-23-29)8-17-21(30)28-22(31)26-17/h3-5,8-12,14,24,30H,6-7H2,1-2H3,(H2,26,28,31). The van der Waals surface area contributed by atoms with Crippen molar-refractivity contribution in [3.8, 4) is 11.6 Å². The molecule has 5 rings (SSSR count). The molecular formula is C22H23N7O3. The first-order valence-corrected chi connectivity index (χ1v) is 10.4. The topological polar surface area (TPSA) is 133 Å². The smallest absolute Gasteiger partial charge is 0.326 e. The Morgan fingerprint density at radius 1 is 1.31 bits per heavy atom. The Kier molecular flexibility index (Phi) is 4.89. The zero-order chi connectivity index (χ0) is 22.2. The molecule has 10 heteroatoms. The summed E-state index contributed by atoms with van der Waals surface area (Å²) in [7, 11) is 0. The maximum Gasteiger partial charge on any atom is 0.326 e. The van der Waals surface area contributed by atoms with Gasteiger partial charge < -0.3 is 20.1 Å². The summed E-state index contributed by atoms with van der Waals surface area (Å²) in [4.78, 5) is 25.8. The molecular weight excluding hydrogens is 410 g/mol.